The molecule has 2 aromatic heterocycles. The van der Waals surface area contributed by atoms with Crippen LogP contribution in [0.5, 0.6) is 0 Å². The van der Waals surface area contributed by atoms with Crippen LogP contribution in [0.4, 0.5) is 0 Å². The molecular formula is C17H23ClN4O4S2. The number of rotatable bonds is 6. The van der Waals surface area contributed by atoms with E-state index in [0.717, 1.165) is 9.21 Å². The Morgan fingerprint density at radius 1 is 1.29 bits per heavy atom. The Labute approximate surface area is 173 Å². The summed E-state index contributed by atoms with van der Waals surface area (Å²) in [5, 5.41) is 3.73. The number of thiophene rings is 1. The maximum absolute atomic E-state index is 12.9. The van der Waals surface area contributed by atoms with Gasteiger partial charge >= 0.3 is 0 Å². The molecule has 0 bridgehead atoms. The highest BCUT2D eigenvalue weighted by atomic mass is 35.5. The first-order valence-corrected chi connectivity index (χ1v) is 11.5. The molecule has 1 aliphatic heterocycles. The summed E-state index contributed by atoms with van der Waals surface area (Å²) in [6, 6.07) is 3.79. The molecule has 3 rings (SSSR count). The zero-order chi connectivity index (χ0) is 20.5. The van der Waals surface area contributed by atoms with Crippen molar-refractivity contribution in [3.8, 4) is 0 Å². The molecule has 0 N–H and O–H groups in total. The van der Waals surface area contributed by atoms with E-state index in [4.69, 9.17) is 16.1 Å². The van der Waals surface area contributed by atoms with E-state index in [1.165, 1.54) is 15.6 Å². The monoisotopic (exact) mass is 446 g/mol. The smallest absolute Gasteiger partial charge is 0.248 e. The van der Waals surface area contributed by atoms with Crippen molar-refractivity contribution in [2.45, 2.75) is 25.3 Å². The Morgan fingerprint density at radius 3 is 2.50 bits per heavy atom. The van der Waals surface area contributed by atoms with E-state index in [0.29, 0.717) is 25.3 Å². The van der Waals surface area contributed by atoms with Crippen molar-refractivity contribution in [3.63, 3.8) is 0 Å². The van der Waals surface area contributed by atoms with Crippen LogP contribution in [0.1, 0.15) is 16.3 Å². The fraction of sp³-hybridized carbons (Fsp3) is 0.529. The third-order valence-electron chi connectivity index (χ3n) is 4.62. The van der Waals surface area contributed by atoms with Crippen molar-refractivity contribution in [3.05, 3.63) is 32.8 Å². The number of piperazine rings is 1. The number of sulfonamides is 1. The van der Waals surface area contributed by atoms with Crippen LogP contribution in [-0.4, -0.2) is 73.4 Å². The second-order valence-corrected chi connectivity index (χ2v) is 10.5. The summed E-state index contributed by atoms with van der Waals surface area (Å²) in [6.07, 6.45) is 0. The van der Waals surface area contributed by atoms with Gasteiger partial charge in [-0.3, -0.25) is 9.69 Å². The molecule has 0 spiro atoms. The molecule has 2 aromatic rings. The molecular weight excluding hydrogens is 424 g/mol. The van der Waals surface area contributed by atoms with E-state index in [1.807, 2.05) is 24.1 Å². The minimum absolute atomic E-state index is 0.0143. The third kappa shape index (κ3) is 4.57. The van der Waals surface area contributed by atoms with Crippen LogP contribution >= 0.6 is 22.9 Å². The van der Waals surface area contributed by atoms with Crippen molar-refractivity contribution < 1.29 is 17.7 Å². The minimum Gasteiger partial charge on any atom is -0.360 e. The fourth-order valence-corrected chi connectivity index (χ4v) is 6.12. The van der Waals surface area contributed by atoms with Crippen molar-refractivity contribution in [2.24, 2.45) is 0 Å². The van der Waals surface area contributed by atoms with Crippen LogP contribution in [0.25, 0.3) is 0 Å². The van der Waals surface area contributed by atoms with Crippen LogP contribution in [-0.2, 0) is 21.4 Å². The summed E-state index contributed by atoms with van der Waals surface area (Å²) in [5.41, 5.74) is 0.353. The summed E-state index contributed by atoms with van der Waals surface area (Å²) in [4.78, 5) is 17.4. The predicted molar refractivity (Wildman–Crippen MR) is 107 cm³/mol. The molecule has 0 atom stereocenters. The SMILES string of the molecule is Cc1noc(C)c1S(=O)(=O)N1CCN(C(=O)CN(C)Cc2ccc(Cl)s2)CC1. The molecule has 1 saturated heterocycles. The lowest BCUT2D eigenvalue weighted by atomic mass is 10.3. The van der Waals surface area contributed by atoms with Gasteiger partial charge in [0, 0.05) is 37.6 Å². The van der Waals surface area contributed by atoms with Crippen LogP contribution in [0.2, 0.25) is 4.34 Å². The maximum Gasteiger partial charge on any atom is 0.248 e. The van der Waals surface area contributed by atoms with Crippen molar-refractivity contribution in [1.82, 2.24) is 19.3 Å². The van der Waals surface area contributed by atoms with Crippen LogP contribution in [0.3, 0.4) is 0 Å². The Bertz CT molecular complexity index is 929. The van der Waals surface area contributed by atoms with E-state index in [9.17, 15) is 13.2 Å². The zero-order valence-corrected chi connectivity index (χ0v) is 18.4. The molecule has 8 nitrogen and oxygen atoms in total. The van der Waals surface area contributed by atoms with Gasteiger partial charge in [0.25, 0.3) is 0 Å². The Morgan fingerprint density at radius 2 is 1.96 bits per heavy atom. The van der Waals surface area contributed by atoms with Crippen LogP contribution < -0.4 is 0 Å². The number of hydrogen-bond donors (Lipinski definition) is 0. The quantitative estimate of drug-likeness (QED) is 0.674. The highest BCUT2D eigenvalue weighted by Crippen LogP contribution is 2.24. The van der Waals surface area contributed by atoms with E-state index < -0.39 is 10.0 Å². The number of aromatic nitrogens is 1. The lowest BCUT2D eigenvalue weighted by Gasteiger charge is -2.34. The molecule has 11 heteroatoms. The molecule has 1 aliphatic rings. The fourth-order valence-electron chi connectivity index (χ4n) is 3.24. The lowest BCUT2D eigenvalue weighted by Crippen LogP contribution is -2.52. The minimum atomic E-state index is -3.67. The Kier molecular flexibility index (Phi) is 6.45. The van der Waals surface area contributed by atoms with Crippen molar-refractivity contribution in [2.75, 3.05) is 39.8 Å². The Balaban J connectivity index is 1.55. The molecule has 28 heavy (non-hydrogen) atoms. The summed E-state index contributed by atoms with van der Waals surface area (Å²) in [6.45, 7) is 5.34. The number of hydrogen-bond acceptors (Lipinski definition) is 7. The average Bonchev–Trinajstić information content (AvgIpc) is 3.19. The first kappa shape index (κ1) is 21.3. The number of amides is 1. The second-order valence-electron chi connectivity index (χ2n) is 6.82. The Hall–Kier alpha value is -1.46. The molecule has 0 aromatic carbocycles. The van der Waals surface area contributed by atoms with Gasteiger partial charge in [0.05, 0.1) is 10.9 Å². The van der Waals surface area contributed by atoms with E-state index in [-0.39, 0.29) is 36.2 Å². The summed E-state index contributed by atoms with van der Waals surface area (Å²) in [7, 11) is -1.79. The van der Waals surface area contributed by atoms with Gasteiger partial charge in [0.2, 0.25) is 15.9 Å². The molecule has 0 unspecified atom stereocenters. The van der Waals surface area contributed by atoms with Gasteiger partial charge in [-0.25, -0.2) is 8.42 Å². The van der Waals surface area contributed by atoms with Crippen LogP contribution in [0, 0.1) is 13.8 Å². The molecule has 154 valence electrons. The van der Waals surface area contributed by atoms with Gasteiger partial charge in [0.15, 0.2) is 5.76 Å². The standard InChI is InChI=1S/C17H23ClN4O4S2/c1-12-17(13(2)26-19-12)28(24,25)22-8-6-21(7-9-22)16(23)11-20(3)10-14-4-5-15(18)27-14/h4-5H,6-11H2,1-3H3. The molecule has 1 fully saturated rings. The van der Waals surface area contributed by atoms with Gasteiger partial charge in [-0.2, -0.15) is 4.31 Å². The predicted octanol–water partition coefficient (Wildman–Crippen LogP) is 1.97. The molecule has 0 radical (unpaired) electrons. The van der Waals surface area contributed by atoms with Gasteiger partial charge in [0.1, 0.15) is 10.6 Å². The topological polar surface area (TPSA) is 87.0 Å². The number of nitrogens with zero attached hydrogens (tertiary/aromatic N) is 4. The maximum atomic E-state index is 12.9. The van der Waals surface area contributed by atoms with Crippen LogP contribution in [0.15, 0.2) is 21.6 Å². The number of carbonyl (C=O) groups is 1. The number of halogens is 1. The molecule has 0 aliphatic carbocycles. The third-order valence-corrected chi connectivity index (χ3v) is 7.98. The first-order valence-electron chi connectivity index (χ1n) is 8.82. The lowest BCUT2D eigenvalue weighted by molar-refractivity contribution is -0.133. The van der Waals surface area contributed by atoms with Crippen molar-refractivity contribution in [1.29, 1.82) is 0 Å². The summed E-state index contributed by atoms with van der Waals surface area (Å²) < 4.78 is 32.8. The number of likely N-dealkylation sites (N-methyl/N-ethyl adjacent to an activating group) is 1. The van der Waals surface area contributed by atoms with Gasteiger partial charge in [-0.15, -0.1) is 11.3 Å². The summed E-state index contributed by atoms with van der Waals surface area (Å²) >= 11 is 7.43. The highest BCUT2D eigenvalue weighted by Gasteiger charge is 2.34. The highest BCUT2D eigenvalue weighted by molar-refractivity contribution is 7.89. The molecule has 3 heterocycles. The number of carbonyl (C=O) groups excluding carboxylic acids is 1. The first-order chi connectivity index (χ1) is 13.2. The zero-order valence-electron chi connectivity index (χ0n) is 16.0. The summed E-state index contributed by atoms with van der Waals surface area (Å²) in [5.74, 6) is 0.269. The number of aryl methyl sites for hydroxylation is 2. The van der Waals surface area contributed by atoms with E-state index in [1.54, 1.807) is 18.7 Å². The second kappa shape index (κ2) is 8.50. The normalized spacial score (nSPS) is 16.1. The average molecular weight is 447 g/mol. The van der Waals surface area contributed by atoms with Gasteiger partial charge in [-0.05, 0) is 33.0 Å². The van der Waals surface area contributed by atoms with E-state index in [2.05, 4.69) is 5.16 Å². The van der Waals surface area contributed by atoms with E-state index >= 15 is 0 Å². The molecule has 0 saturated carbocycles. The van der Waals surface area contributed by atoms with Gasteiger partial charge < -0.3 is 9.42 Å². The molecule has 1 amide bonds. The van der Waals surface area contributed by atoms with Crippen molar-refractivity contribution >= 4 is 38.9 Å². The van der Waals surface area contributed by atoms with Gasteiger partial charge in [-0.1, -0.05) is 16.8 Å². The largest absolute Gasteiger partial charge is 0.360 e.